The molecule has 3 aromatic heterocycles. The average molecular weight is 304 g/mol. The highest BCUT2D eigenvalue weighted by Gasteiger charge is 2.14. The first-order valence-electron chi connectivity index (χ1n) is 7.78. The quantitative estimate of drug-likeness (QED) is 0.759. The van der Waals surface area contributed by atoms with E-state index >= 15 is 0 Å². The molecule has 0 aliphatic heterocycles. The Balaban J connectivity index is 1.75. The SMILES string of the molecule is Cc1cccc(CNC(Cc2ccccn2)c2ccccn2)n1. The van der Waals surface area contributed by atoms with Gasteiger partial charge in [0.2, 0.25) is 0 Å². The summed E-state index contributed by atoms with van der Waals surface area (Å²) in [7, 11) is 0. The van der Waals surface area contributed by atoms with Crippen LogP contribution >= 0.6 is 0 Å². The first-order valence-corrected chi connectivity index (χ1v) is 7.78. The maximum atomic E-state index is 4.55. The number of pyridine rings is 3. The Morgan fingerprint density at radius 1 is 0.870 bits per heavy atom. The van der Waals surface area contributed by atoms with Crippen molar-refractivity contribution in [3.63, 3.8) is 0 Å². The molecule has 116 valence electrons. The van der Waals surface area contributed by atoms with Crippen molar-refractivity contribution in [1.82, 2.24) is 20.3 Å². The summed E-state index contributed by atoms with van der Waals surface area (Å²) in [6, 6.07) is 18.2. The Hall–Kier alpha value is -2.59. The molecule has 1 atom stereocenters. The van der Waals surface area contributed by atoms with Gasteiger partial charge < -0.3 is 5.32 Å². The zero-order valence-corrected chi connectivity index (χ0v) is 13.2. The third kappa shape index (κ3) is 4.44. The second-order valence-electron chi connectivity index (χ2n) is 5.48. The number of hydrogen-bond acceptors (Lipinski definition) is 4. The predicted octanol–water partition coefficient (Wildman–Crippen LogP) is 3.25. The molecule has 3 aromatic rings. The van der Waals surface area contributed by atoms with E-state index in [-0.39, 0.29) is 6.04 Å². The molecular weight excluding hydrogens is 284 g/mol. The van der Waals surface area contributed by atoms with E-state index in [1.165, 1.54) is 0 Å². The minimum atomic E-state index is 0.105. The molecule has 3 heterocycles. The van der Waals surface area contributed by atoms with Crippen molar-refractivity contribution in [1.29, 1.82) is 0 Å². The minimum absolute atomic E-state index is 0.105. The number of rotatable bonds is 6. The van der Waals surface area contributed by atoms with Crippen LogP contribution in [0.4, 0.5) is 0 Å². The van der Waals surface area contributed by atoms with E-state index in [4.69, 9.17) is 0 Å². The Labute approximate surface area is 136 Å². The van der Waals surface area contributed by atoms with E-state index in [0.29, 0.717) is 6.54 Å². The van der Waals surface area contributed by atoms with Gasteiger partial charge in [-0.15, -0.1) is 0 Å². The van der Waals surface area contributed by atoms with E-state index in [9.17, 15) is 0 Å². The van der Waals surface area contributed by atoms with Crippen LogP contribution < -0.4 is 5.32 Å². The monoisotopic (exact) mass is 304 g/mol. The molecule has 23 heavy (non-hydrogen) atoms. The van der Waals surface area contributed by atoms with Crippen molar-refractivity contribution in [3.05, 3.63) is 89.8 Å². The van der Waals surface area contributed by atoms with Crippen LogP contribution in [0.1, 0.15) is 28.8 Å². The number of nitrogens with one attached hydrogen (secondary N) is 1. The van der Waals surface area contributed by atoms with Crippen LogP contribution in [-0.2, 0) is 13.0 Å². The number of aryl methyl sites for hydroxylation is 1. The van der Waals surface area contributed by atoms with Crippen LogP contribution in [0.5, 0.6) is 0 Å². The van der Waals surface area contributed by atoms with Crippen LogP contribution in [0.2, 0.25) is 0 Å². The van der Waals surface area contributed by atoms with E-state index < -0.39 is 0 Å². The summed E-state index contributed by atoms with van der Waals surface area (Å²) in [6.07, 6.45) is 4.45. The van der Waals surface area contributed by atoms with Crippen LogP contribution in [0, 0.1) is 6.92 Å². The topological polar surface area (TPSA) is 50.7 Å². The van der Waals surface area contributed by atoms with Gasteiger partial charge >= 0.3 is 0 Å². The second kappa shape index (κ2) is 7.61. The van der Waals surface area contributed by atoms with Gasteiger partial charge in [-0.25, -0.2) is 0 Å². The Bertz CT molecular complexity index is 729. The molecule has 0 saturated heterocycles. The maximum absolute atomic E-state index is 4.55. The highest BCUT2D eigenvalue weighted by atomic mass is 15.0. The van der Waals surface area contributed by atoms with Crippen molar-refractivity contribution in [2.45, 2.75) is 25.9 Å². The van der Waals surface area contributed by atoms with Gasteiger partial charge in [0.15, 0.2) is 0 Å². The fourth-order valence-electron chi connectivity index (χ4n) is 2.52. The van der Waals surface area contributed by atoms with Gasteiger partial charge in [-0.05, 0) is 43.3 Å². The summed E-state index contributed by atoms with van der Waals surface area (Å²) in [6.45, 7) is 2.71. The smallest absolute Gasteiger partial charge is 0.0577 e. The molecule has 1 unspecified atom stereocenters. The van der Waals surface area contributed by atoms with Crippen LogP contribution in [0.25, 0.3) is 0 Å². The minimum Gasteiger partial charge on any atom is -0.303 e. The van der Waals surface area contributed by atoms with Gasteiger partial charge in [0.1, 0.15) is 0 Å². The molecule has 0 fully saturated rings. The standard InChI is InChI=1S/C19H20N4/c1-15-7-6-9-17(23-15)14-22-19(18-10-3-5-12-21-18)13-16-8-2-4-11-20-16/h2-12,19,22H,13-14H2,1H3. The van der Waals surface area contributed by atoms with Gasteiger partial charge in [0.05, 0.1) is 17.4 Å². The lowest BCUT2D eigenvalue weighted by molar-refractivity contribution is 0.508. The first-order chi connectivity index (χ1) is 11.3. The van der Waals surface area contributed by atoms with E-state index in [1.807, 2.05) is 73.9 Å². The van der Waals surface area contributed by atoms with Crippen molar-refractivity contribution in [3.8, 4) is 0 Å². The molecule has 0 aliphatic rings. The molecule has 0 spiro atoms. The molecule has 0 amide bonds. The summed E-state index contributed by atoms with van der Waals surface area (Å²) < 4.78 is 0. The van der Waals surface area contributed by atoms with Crippen LogP contribution in [-0.4, -0.2) is 15.0 Å². The highest BCUT2D eigenvalue weighted by molar-refractivity contribution is 5.15. The lowest BCUT2D eigenvalue weighted by Crippen LogP contribution is -2.24. The summed E-state index contributed by atoms with van der Waals surface area (Å²) >= 11 is 0. The molecule has 0 saturated carbocycles. The number of nitrogens with zero attached hydrogens (tertiary/aromatic N) is 3. The predicted molar refractivity (Wildman–Crippen MR) is 90.7 cm³/mol. The Morgan fingerprint density at radius 2 is 1.65 bits per heavy atom. The molecular formula is C19H20N4. The van der Waals surface area contributed by atoms with E-state index in [1.54, 1.807) is 0 Å². The summed E-state index contributed by atoms with van der Waals surface area (Å²) in [5, 5.41) is 3.56. The molecule has 3 rings (SSSR count). The summed E-state index contributed by atoms with van der Waals surface area (Å²) in [5.41, 5.74) is 4.13. The third-order valence-corrected chi connectivity index (χ3v) is 3.66. The molecule has 1 N–H and O–H groups in total. The molecule has 0 radical (unpaired) electrons. The van der Waals surface area contributed by atoms with E-state index in [2.05, 4.69) is 20.3 Å². The zero-order valence-electron chi connectivity index (χ0n) is 13.2. The molecule has 0 bridgehead atoms. The van der Waals surface area contributed by atoms with Gasteiger partial charge in [-0.2, -0.15) is 0 Å². The Morgan fingerprint density at radius 3 is 2.35 bits per heavy atom. The van der Waals surface area contributed by atoms with Crippen molar-refractivity contribution >= 4 is 0 Å². The number of aromatic nitrogens is 3. The van der Waals surface area contributed by atoms with Gasteiger partial charge in [-0.1, -0.05) is 18.2 Å². The van der Waals surface area contributed by atoms with E-state index in [0.717, 1.165) is 29.2 Å². The third-order valence-electron chi connectivity index (χ3n) is 3.66. The fraction of sp³-hybridized carbons (Fsp3) is 0.211. The summed E-state index contributed by atoms with van der Waals surface area (Å²) in [5.74, 6) is 0. The summed E-state index contributed by atoms with van der Waals surface area (Å²) in [4.78, 5) is 13.5. The maximum Gasteiger partial charge on any atom is 0.0577 e. The van der Waals surface area contributed by atoms with Crippen LogP contribution in [0.3, 0.4) is 0 Å². The lowest BCUT2D eigenvalue weighted by atomic mass is 10.1. The molecule has 0 aromatic carbocycles. The molecule has 4 nitrogen and oxygen atoms in total. The number of hydrogen-bond donors (Lipinski definition) is 1. The van der Waals surface area contributed by atoms with Gasteiger partial charge in [0.25, 0.3) is 0 Å². The van der Waals surface area contributed by atoms with Gasteiger partial charge in [-0.3, -0.25) is 15.0 Å². The lowest BCUT2D eigenvalue weighted by Gasteiger charge is -2.18. The Kier molecular flexibility index (Phi) is 5.06. The van der Waals surface area contributed by atoms with Crippen molar-refractivity contribution in [2.24, 2.45) is 0 Å². The largest absolute Gasteiger partial charge is 0.303 e. The van der Waals surface area contributed by atoms with Crippen LogP contribution in [0.15, 0.2) is 67.0 Å². The molecule has 0 aliphatic carbocycles. The van der Waals surface area contributed by atoms with Crippen molar-refractivity contribution < 1.29 is 0 Å². The second-order valence-corrected chi connectivity index (χ2v) is 5.48. The first kappa shape index (κ1) is 15.3. The molecule has 4 heteroatoms. The average Bonchev–Trinajstić information content (AvgIpc) is 2.60. The highest BCUT2D eigenvalue weighted by Crippen LogP contribution is 2.16. The normalized spacial score (nSPS) is 12.0. The zero-order chi connectivity index (χ0) is 15.9. The van der Waals surface area contributed by atoms with Crippen molar-refractivity contribution in [2.75, 3.05) is 0 Å². The fourth-order valence-corrected chi connectivity index (χ4v) is 2.52. The van der Waals surface area contributed by atoms with Gasteiger partial charge in [0, 0.05) is 36.7 Å².